The highest BCUT2D eigenvalue weighted by Gasteiger charge is 2.15. The maximum Gasteiger partial charge on any atom is 0.368 e. The molecule has 0 radical (unpaired) electrons. The van der Waals surface area contributed by atoms with Crippen LogP contribution in [0.15, 0.2) is 40.0 Å². The van der Waals surface area contributed by atoms with Crippen LogP contribution in [0.3, 0.4) is 0 Å². The van der Waals surface area contributed by atoms with Crippen molar-refractivity contribution in [2.75, 3.05) is 0 Å². The molecule has 6 nitrogen and oxygen atoms in total. The van der Waals surface area contributed by atoms with E-state index in [2.05, 4.69) is 30.0 Å². The van der Waals surface area contributed by atoms with Crippen molar-refractivity contribution < 1.29 is 4.74 Å². The molecule has 0 unspecified atom stereocenters. The number of thiol groups is 1. The van der Waals surface area contributed by atoms with Gasteiger partial charge in [-0.05, 0) is 65.6 Å². The fourth-order valence-corrected chi connectivity index (χ4v) is 3.12. The Morgan fingerprint density at radius 2 is 1.92 bits per heavy atom. The molecule has 3 aromatic rings. The summed E-state index contributed by atoms with van der Waals surface area (Å²) in [6, 6.07) is 9.80. The highest BCUT2D eigenvalue weighted by atomic mass is 32.1. The Bertz CT molecular complexity index is 1010. The van der Waals surface area contributed by atoms with Crippen LogP contribution in [-0.2, 0) is 20.1 Å². The number of ether oxygens (including phenoxy) is 1. The Morgan fingerprint density at radius 1 is 1.15 bits per heavy atom. The summed E-state index contributed by atoms with van der Waals surface area (Å²) in [5, 5.41) is 7.78. The molecule has 136 valence electrons. The predicted octanol–water partition coefficient (Wildman–Crippen LogP) is 3.01. The summed E-state index contributed by atoms with van der Waals surface area (Å²) in [6.45, 7) is 6.41. The fraction of sp³-hybridized carbons (Fsp3) is 0.316. The first kappa shape index (κ1) is 18.3. The molecule has 1 heterocycles. The van der Waals surface area contributed by atoms with E-state index >= 15 is 0 Å². The van der Waals surface area contributed by atoms with Crippen molar-refractivity contribution in [3.05, 3.63) is 63.1 Å². The van der Waals surface area contributed by atoms with Gasteiger partial charge in [-0.15, -0.1) is 12.6 Å². The first-order valence-electron chi connectivity index (χ1n) is 8.45. The van der Waals surface area contributed by atoms with Crippen molar-refractivity contribution in [1.29, 1.82) is 0 Å². The molecule has 0 aliphatic rings. The summed E-state index contributed by atoms with van der Waals surface area (Å²) >= 11 is 4.45. The van der Waals surface area contributed by atoms with Crippen LogP contribution < -0.4 is 10.4 Å². The molecule has 0 bridgehead atoms. The summed E-state index contributed by atoms with van der Waals surface area (Å²) in [6.07, 6.45) is 0.829. The quantitative estimate of drug-likeness (QED) is 0.702. The van der Waals surface area contributed by atoms with Crippen molar-refractivity contribution in [3.63, 3.8) is 0 Å². The van der Waals surface area contributed by atoms with E-state index in [-0.39, 0.29) is 5.69 Å². The second-order valence-corrected chi connectivity index (χ2v) is 6.74. The maximum absolute atomic E-state index is 12.3. The van der Waals surface area contributed by atoms with Crippen LogP contribution in [0, 0.1) is 13.8 Å². The zero-order valence-corrected chi connectivity index (χ0v) is 16.2. The number of benzene rings is 2. The van der Waals surface area contributed by atoms with E-state index < -0.39 is 0 Å². The highest BCUT2D eigenvalue weighted by molar-refractivity contribution is 7.80. The van der Waals surface area contributed by atoms with Crippen molar-refractivity contribution >= 4 is 12.6 Å². The van der Waals surface area contributed by atoms with Gasteiger partial charge in [0.2, 0.25) is 0 Å². The fourth-order valence-electron chi connectivity index (χ4n) is 2.86. The Labute approximate surface area is 157 Å². The van der Waals surface area contributed by atoms with Gasteiger partial charge >= 0.3 is 5.69 Å². The van der Waals surface area contributed by atoms with E-state index in [0.29, 0.717) is 12.3 Å². The van der Waals surface area contributed by atoms with Crippen molar-refractivity contribution in [1.82, 2.24) is 19.8 Å². The summed E-state index contributed by atoms with van der Waals surface area (Å²) in [7, 11) is 1.58. The molecule has 2 aromatic carbocycles. The number of hydrogen-bond donors (Lipinski definition) is 1. The number of aromatic nitrogens is 4. The Morgan fingerprint density at radius 3 is 2.58 bits per heavy atom. The molecule has 26 heavy (non-hydrogen) atoms. The van der Waals surface area contributed by atoms with Gasteiger partial charge in [-0.1, -0.05) is 19.1 Å². The third-order valence-corrected chi connectivity index (χ3v) is 4.93. The summed E-state index contributed by atoms with van der Waals surface area (Å²) < 4.78 is 8.63. The lowest BCUT2D eigenvalue weighted by Crippen LogP contribution is -2.23. The normalized spacial score (nSPS) is 11.0. The van der Waals surface area contributed by atoms with E-state index in [1.54, 1.807) is 7.05 Å². The zero-order chi connectivity index (χ0) is 18.8. The largest absolute Gasteiger partial charge is 0.489 e. The second kappa shape index (κ2) is 7.37. The zero-order valence-electron chi connectivity index (χ0n) is 15.4. The number of tetrazole rings is 1. The van der Waals surface area contributed by atoms with Crippen LogP contribution in [0.5, 0.6) is 5.75 Å². The second-order valence-electron chi connectivity index (χ2n) is 6.26. The van der Waals surface area contributed by atoms with Gasteiger partial charge in [-0.2, -0.15) is 9.36 Å². The molecule has 0 saturated heterocycles. The summed E-state index contributed by atoms with van der Waals surface area (Å²) in [4.78, 5) is 13.2. The van der Waals surface area contributed by atoms with Gasteiger partial charge in [0.25, 0.3) is 0 Å². The Balaban J connectivity index is 2.01. The monoisotopic (exact) mass is 370 g/mol. The molecule has 7 heteroatoms. The van der Waals surface area contributed by atoms with E-state index in [4.69, 9.17) is 4.74 Å². The molecule has 0 aliphatic carbocycles. The van der Waals surface area contributed by atoms with Crippen LogP contribution in [-0.4, -0.2) is 19.8 Å². The molecule has 1 aromatic heterocycles. The minimum atomic E-state index is -0.286. The minimum absolute atomic E-state index is 0.286. The van der Waals surface area contributed by atoms with Gasteiger partial charge < -0.3 is 4.74 Å². The summed E-state index contributed by atoms with van der Waals surface area (Å²) in [5.74, 6) is 0.809. The lowest BCUT2D eigenvalue weighted by atomic mass is 10.0. The van der Waals surface area contributed by atoms with Crippen molar-refractivity contribution in [2.45, 2.75) is 38.7 Å². The van der Waals surface area contributed by atoms with Crippen LogP contribution in [0.4, 0.5) is 0 Å². The van der Waals surface area contributed by atoms with Gasteiger partial charge in [-0.25, -0.2) is 4.79 Å². The van der Waals surface area contributed by atoms with Gasteiger partial charge in [0.05, 0.1) is 5.69 Å². The Kier molecular flexibility index (Phi) is 5.18. The number of hydrogen-bond acceptors (Lipinski definition) is 5. The average molecular weight is 370 g/mol. The molecular formula is C19H22N4O2S. The highest BCUT2D eigenvalue weighted by Crippen LogP contribution is 2.27. The number of rotatable bonds is 5. The molecular weight excluding hydrogens is 348 g/mol. The summed E-state index contributed by atoms with van der Waals surface area (Å²) in [5.41, 5.74) is 4.54. The third kappa shape index (κ3) is 3.39. The smallest absolute Gasteiger partial charge is 0.368 e. The predicted molar refractivity (Wildman–Crippen MR) is 103 cm³/mol. The number of aryl methyl sites for hydroxylation is 4. The standard InChI is InChI=1S/C19H22N4O2S/c1-5-14-7-6-8-16(23-19(24)22(4)20-21-23)15(14)11-25-17-9-13(3)18(26)10-12(17)2/h6-10,26H,5,11H2,1-4H3. The molecule has 0 atom stereocenters. The van der Waals surface area contributed by atoms with Gasteiger partial charge in [0.15, 0.2) is 0 Å². The molecule has 0 saturated carbocycles. The van der Waals surface area contributed by atoms with Crippen molar-refractivity contribution in [3.8, 4) is 11.4 Å². The third-order valence-electron chi connectivity index (χ3n) is 4.44. The number of nitrogens with zero attached hydrogens (tertiary/aromatic N) is 4. The van der Waals surface area contributed by atoms with Crippen LogP contribution in [0.25, 0.3) is 5.69 Å². The molecule has 3 rings (SSSR count). The average Bonchev–Trinajstić information content (AvgIpc) is 2.95. The Hall–Kier alpha value is -2.54. The first-order chi connectivity index (χ1) is 12.4. The topological polar surface area (TPSA) is 61.9 Å². The molecule has 0 fully saturated rings. The van der Waals surface area contributed by atoms with E-state index in [9.17, 15) is 4.79 Å². The molecule has 0 aliphatic heterocycles. The molecule has 0 spiro atoms. The van der Waals surface area contributed by atoms with Gasteiger partial charge in [-0.3, -0.25) is 0 Å². The first-order valence-corrected chi connectivity index (χ1v) is 8.90. The van der Waals surface area contributed by atoms with E-state index in [0.717, 1.165) is 39.3 Å². The molecule has 0 amide bonds. The SMILES string of the molecule is CCc1cccc(-n2nnn(C)c2=O)c1COc1cc(C)c(S)cc1C. The van der Waals surface area contributed by atoms with Crippen LogP contribution in [0.1, 0.15) is 29.2 Å². The van der Waals surface area contributed by atoms with E-state index in [1.807, 2.05) is 44.2 Å². The van der Waals surface area contributed by atoms with E-state index in [1.165, 1.54) is 9.36 Å². The minimum Gasteiger partial charge on any atom is -0.489 e. The van der Waals surface area contributed by atoms with Gasteiger partial charge in [0.1, 0.15) is 12.4 Å². The lowest BCUT2D eigenvalue weighted by molar-refractivity contribution is 0.302. The lowest BCUT2D eigenvalue weighted by Gasteiger charge is -2.16. The van der Waals surface area contributed by atoms with Gasteiger partial charge in [0, 0.05) is 17.5 Å². The maximum atomic E-state index is 12.3. The van der Waals surface area contributed by atoms with Crippen LogP contribution >= 0.6 is 12.6 Å². The van der Waals surface area contributed by atoms with Crippen molar-refractivity contribution in [2.24, 2.45) is 7.05 Å². The molecule has 0 N–H and O–H groups in total. The van der Waals surface area contributed by atoms with Crippen LogP contribution in [0.2, 0.25) is 0 Å².